The molecule has 0 amide bonds. The van der Waals surface area contributed by atoms with Gasteiger partial charge in [0.2, 0.25) is 5.95 Å². The van der Waals surface area contributed by atoms with Crippen LogP contribution in [0.5, 0.6) is 5.75 Å². The number of nitrogens with one attached hydrogen (secondary N) is 1. The molecule has 1 aromatic carbocycles. The number of aromatic nitrogens is 5. The van der Waals surface area contributed by atoms with Crippen molar-refractivity contribution >= 4 is 17.0 Å². The summed E-state index contributed by atoms with van der Waals surface area (Å²) in [6.07, 6.45) is 3.21. The Morgan fingerprint density at radius 3 is 2.68 bits per heavy atom. The van der Waals surface area contributed by atoms with Crippen LogP contribution in [0.15, 0.2) is 53.6 Å². The van der Waals surface area contributed by atoms with Gasteiger partial charge in [-0.2, -0.15) is 9.78 Å². The maximum absolute atomic E-state index is 11.7. The fraction of sp³-hybridized carbons (Fsp3) is 0. The number of carboxylic acid groups (broad SMARTS) is 1. The van der Waals surface area contributed by atoms with Crippen molar-refractivity contribution in [3.63, 3.8) is 0 Å². The van der Waals surface area contributed by atoms with Gasteiger partial charge in [-0.15, -0.1) is 0 Å². The average molecular weight is 337 g/mol. The number of fused-ring (bicyclic) bond motifs is 1. The summed E-state index contributed by atoms with van der Waals surface area (Å²) in [5, 5.41) is 23.3. The Morgan fingerprint density at radius 1 is 1.20 bits per heavy atom. The molecule has 124 valence electrons. The number of aromatic amines is 1. The molecule has 0 atom stereocenters. The summed E-state index contributed by atoms with van der Waals surface area (Å²) in [7, 11) is 0. The minimum Gasteiger partial charge on any atom is -0.507 e. The lowest BCUT2D eigenvalue weighted by Crippen LogP contribution is -2.10. The van der Waals surface area contributed by atoms with Crippen LogP contribution in [0, 0.1) is 0 Å². The Kier molecular flexibility index (Phi) is 3.14. The van der Waals surface area contributed by atoms with Crippen molar-refractivity contribution in [2.75, 3.05) is 0 Å². The van der Waals surface area contributed by atoms with Crippen molar-refractivity contribution in [2.24, 2.45) is 0 Å². The lowest BCUT2D eigenvalue weighted by Gasteiger charge is -2.08. The summed E-state index contributed by atoms with van der Waals surface area (Å²) < 4.78 is 2.87. The number of rotatable bonds is 3. The third-order valence-electron chi connectivity index (χ3n) is 3.70. The molecule has 25 heavy (non-hydrogen) atoms. The van der Waals surface area contributed by atoms with E-state index < -0.39 is 17.3 Å². The van der Waals surface area contributed by atoms with Crippen LogP contribution >= 0.6 is 0 Å². The van der Waals surface area contributed by atoms with Crippen LogP contribution in [0.3, 0.4) is 0 Å². The Morgan fingerprint density at radius 2 is 1.96 bits per heavy atom. The summed E-state index contributed by atoms with van der Waals surface area (Å²) in [4.78, 5) is 29.9. The van der Waals surface area contributed by atoms with Crippen molar-refractivity contribution in [3.05, 3.63) is 64.8 Å². The van der Waals surface area contributed by atoms with Gasteiger partial charge in [-0.1, -0.05) is 18.2 Å². The van der Waals surface area contributed by atoms with E-state index in [1.54, 1.807) is 10.8 Å². The number of hydrogen-bond donors (Lipinski definition) is 3. The van der Waals surface area contributed by atoms with Crippen molar-refractivity contribution < 1.29 is 15.0 Å². The highest BCUT2D eigenvalue weighted by molar-refractivity contribution is 6.03. The monoisotopic (exact) mass is 337 g/mol. The highest BCUT2D eigenvalue weighted by Crippen LogP contribution is 2.27. The van der Waals surface area contributed by atoms with Gasteiger partial charge in [-0.05, 0) is 12.1 Å². The number of imidazole rings is 1. The van der Waals surface area contributed by atoms with E-state index in [-0.39, 0.29) is 22.7 Å². The first-order valence-corrected chi connectivity index (χ1v) is 7.23. The zero-order chi connectivity index (χ0) is 17.6. The highest BCUT2D eigenvalue weighted by atomic mass is 16.4. The maximum atomic E-state index is 11.7. The molecule has 0 bridgehead atoms. The number of hydrogen-bond acceptors (Lipinski definition) is 5. The van der Waals surface area contributed by atoms with Crippen molar-refractivity contribution in [1.82, 2.24) is 24.3 Å². The van der Waals surface area contributed by atoms with Crippen molar-refractivity contribution in [2.45, 2.75) is 0 Å². The second-order valence-corrected chi connectivity index (χ2v) is 5.24. The Bertz CT molecular complexity index is 1160. The van der Waals surface area contributed by atoms with Crippen LogP contribution < -0.4 is 5.56 Å². The first-order valence-electron chi connectivity index (χ1n) is 7.23. The number of nitrogens with zero attached hydrogens (tertiary/aromatic N) is 4. The molecule has 0 saturated carbocycles. The third-order valence-corrected chi connectivity index (χ3v) is 3.70. The largest absolute Gasteiger partial charge is 0.507 e. The summed E-state index contributed by atoms with van der Waals surface area (Å²) in [5.74, 6) is -1.52. The molecule has 0 unspecified atom stereocenters. The molecule has 4 aromatic rings. The summed E-state index contributed by atoms with van der Waals surface area (Å²) >= 11 is 0. The molecule has 0 aliphatic carbocycles. The predicted molar refractivity (Wildman–Crippen MR) is 87.4 cm³/mol. The van der Waals surface area contributed by atoms with Gasteiger partial charge in [-0.25, -0.2) is 9.78 Å². The molecule has 0 spiro atoms. The molecule has 9 heteroatoms. The topological polar surface area (TPSA) is 126 Å². The van der Waals surface area contributed by atoms with E-state index in [0.717, 1.165) is 11.8 Å². The first kappa shape index (κ1) is 14.7. The number of benzene rings is 1. The SMILES string of the molecule is O=C(O)c1nn(-c2nccn2-c2ccccc2)c2[nH]c(=O)cc(O)c12. The number of carboxylic acids is 1. The zero-order valence-corrected chi connectivity index (χ0v) is 12.6. The van der Waals surface area contributed by atoms with Gasteiger partial charge >= 0.3 is 5.97 Å². The molecule has 0 aliphatic heterocycles. The number of H-pyrrole nitrogens is 1. The fourth-order valence-electron chi connectivity index (χ4n) is 2.66. The molecule has 0 saturated heterocycles. The van der Waals surface area contributed by atoms with Crippen LogP contribution in [0.1, 0.15) is 10.5 Å². The molecular formula is C16H11N5O4. The van der Waals surface area contributed by atoms with Gasteiger partial charge in [0.05, 0.1) is 5.39 Å². The number of aromatic hydroxyl groups is 1. The summed E-state index contributed by atoms with van der Waals surface area (Å²) in [6.45, 7) is 0. The van der Waals surface area contributed by atoms with E-state index in [0.29, 0.717) is 0 Å². The lowest BCUT2D eigenvalue weighted by atomic mass is 10.2. The second-order valence-electron chi connectivity index (χ2n) is 5.24. The maximum Gasteiger partial charge on any atom is 0.357 e. The van der Waals surface area contributed by atoms with E-state index in [9.17, 15) is 19.8 Å². The quantitative estimate of drug-likeness (QED) is 0.517. The van der Waals surface area contributed by atoms with Gasteiger partial charge in [0.15, 0.2) is 11.3 Å². The lowest BCUT2D eigenvalue weighted by molar-refractivity contribution is 0.0691. The molecule has 9 nitrogen and oxygen atoms in total. The standard InChI is InChI=1S/C16H11N5O4/c22-10-8-11(23)18-14-12(10)13(15(24)25)19-21(14)16-17-6-7-20(16)9-4-2-1-3-5-9/h1-8H,(H,24,25)(H2,18,22,23). The molecule has 0 aliphatic rings. The van der Waals surface area contributed by atoms with E-state index in [1.807, 2.05) is 30.3 Å². The molecule has 0 fully saturated rings. The van der Waals surface area contributed by atoms with Crippen molar-refractivity contribution in [1.29, 1.82) is 0 Å². The van der Waals surface area contributed by atoms with Gasteiger partial charge in [0.25, 0.3) is 5.56 Å². The number of pyridine rings is 1. The molecule has 0 radical (unpaired) electrons. The minimum absolute atomic E-state index is 0.0470. The Hall–Kier alpha value is -3.88. The van der Waals surface area contributed by atoms with E-state index in [1.165, 1.54) is 10.9 Å². The molecular weight excluding hydrogens is 326 g/mol. The third kappa shape index (κ3) is 2.26. The number of para-hydroxylation sites is 1. The van der Waals surface area contributed by atoms with Gasteiger partial charge in [-0.3, -0.25) is 9.36 Å². The Balaban J connectivity index is 2.06. The van der Waals surface area contributed by atoms with E-state index >= 15 is 0 Å². The number of aromatic carboxylic acids is 1. The molecule has 4 rings (SSSR count). The predicted octanol–water partition coefficient (Wildman–Crippen LogP) is 1.30. The fourth-order valence-corrected chi connectivity index (χ4v) is 2.66. The highest BCUT2D eigenvalue weighted by Gasteiger charge is 2.23. The Labute approximate surface area is 139 Å². The van der Waals surface area contributed by atoms with Gasteiger partial charge in [0, 0.05) is 24.1 Å². The first-order chi connectivity index (χ1) is 12.1. The van der Waals surface area contributed by atoms with Crippen LogP contribution in [0.2, 0.25) is 0 Å². The van der Waals surface area contributed by atoms with Crippen LogP contribution in [-0.2, 0) is 0 Å². The zero-order valence-electron chi connectivity index (χ0n) is 12.6. The van der Waals surface area contributed by atoms with E-state index in [4.69, 9.17) is 0 Å². The molecule has 3 aromatic heterocycles. The van der Waals surface area contributed by atoms with Crippen LogP contribution in [0.4, 0.5) is 0 Å². The van der Waals surface area contributed by atoms with Crippen molar-refractivity contribution in [3.8, 4) is 17.4 Å². The van der Waals surface area contributed by atoms with Gasteiger partial charge < -0.3 is 15.2 Å². The van der Waals surface area contributed by atoms with Gasteiger partial charge in [0.1, 0.15) is 5.75 Å². The molecule has 3 heterocycles. The second kappa shape index (κ2) is 5.34. The minimum atomic E-state index is -1.33. The smallest absolute Gasteiger partial charge is 0.357 e. The summed E-state index contributed by atoms with van der Waals surface area (Å²) in [5.41, 5.74) is -0.143. The van der Waals surface area contributed by atoms with Crippen LogP contribution in [0.25, 0.3) is 22.7 Å². The average Bonchev–Trinajstić information content (AvgIpc) is 3.19. The summed E-state index contributed by atoms with van der Waals surface area (Å²) in [6, 6.07) is 10.1. The molecule has 3 N–H and O–H groups in total. The number of carbonyl (C=O) groups is 1. The van der Waals surface area contributed by atoms with E-state index in [2.05, 4.69) is 15.1 Å². The normalized spacial score (nSPS) is 11.0. The van der Waals surface area contributed by atoms with Crippen LogP contribution in [-0.4, -0.2) is 40.5 Å².